The number of carbonyl (C=O) groups excluding carboxylic acids is 1. The Kier molecular flexibility index (Phi) is 4.64. The molecule has 2 rings (SSSR count). The lowest BCUT2D eigenvalue weighted by atomic mass is 10.1. The number of nitrogens with zero attached hydrogens (tertiary/aromatic N) is 2. The molecule has 21 heavy (non-hydrogen) atoms. The van der Waals surface area contributed by atoms with Crippen LogP contribution in [0, 0.1) is 13.8 Å². The zero-order valence-corrected chi connectivity index (χ0v) is 12.7. The Morgan fingerprint density at radius 1 is 1.19 bits per heavy atom. The molecule has 0 unspecified atom stereocenters. The molecule has 0 radical (unpaired) electrons. The average Bonchev–Trinajstić information content (AvgIpc) is 2.40. The summed E-state index contributed by atoms with van der Waals surface area (Å²) in [6.07, 6.45) is 0. The van der Waals surface area contributed by atoms with E-state index in [9.17, 15) is 4.79 Å². The van der Waals surface area contributed by atoms with Gasteiger partial charge in [-0.1, -0.05) is 30.0 Å². The Hall–Kier alpha value is -2.28. The van der Waals surface area contributed by atoms with Crippen molar-refractivity contribution in [2.75, 3.05) is 22.5 Å². The third kappa shape index (κ3) is 4.09. The van der Waals surface area contributed by atoms with Gasteiger partial charge < -0.3 is 16.8 Å². The fraction of sp³-hybridized carbons (Fsp3) is 0.214. The Balaban J connectivity index is 1.99. The number of benzene rings is 1. The van der Waals surface area contributed by atoms with Crippen LogP contribution in [-0.2, 0) is 4.79 Å². The van der Waals surface area contributed by atoms with E-state index in [0.717, 1.165) is 16.8 Å². The van der Waals surface area contributed by atoms with Crippen LogP contribution in [0.5, 0.6) is 0 Å². The van der Waals surface area contributed by atoms with Crippen LogP contribution in [0.15, 0.2) is 29.4 Å². The summed E-state index contributed by atoms with van der Waals surface area (Å²) in [6, 6.07) is 7.34. The van der Waals surface area contributed by atoms with Crippen LogP contribution in [-0.4, -0.2) is 21.6 Å². The zero-order valence-electron chi connectivity index (χ0n) is 11.9. The number of nitrogens with two attached hydrogens (primary N) is 2. The minimum Gasteiger partial charge on any atom is -0.383 e. The maximum Gasteiger partial charge on any atom is 0.234 e. The Labute approximate surface area is 127 Å². The Morgan fingerprint density at radius 2 is 1.76 bits per heavy atom. The smallest absolute Gasteiger partial charge is 0.234 e. The molecule has 1 aromatic carbocycles. The number of aromatic nitrogens is 2. The molecular formula is C14H17N5OS. The molecule has 0 aliphatic heterocycles. The fourth-order valence-corrected chi connectivity index (χ4v) is 2.52. The third-order valence-corrected chi connectivity index (χ3v) is 3.67. The molecule has 0 saturated heterocycles. The number of aryl methyl sites for hydroxylation is 2. The first-order valence-corrected chi connectivity index (χ1v) is 7.33. The van der Waals surface area contributed by atoms with Gasteiger partial charge in [0.1, 0.15) is 11.6 Å². The minimum absolute atomic E-state index is 0.123. The normalized spacial score (nSPS) is 10.4. The van der Waals surface area contributed by atoms with Crippen molar-refractivity contribution in [1.82, 2.24) is 9.97 Å². The van der Waals surface area contributed by atoms with Gasteiger partial charge in [-0.15, -0.1) is 0 Å². The molecule has 0 bridgehead atoms. The summed E-state index contributed by atoms with van der Waals surface area (Å²) >= 11 is 1.19. The molecule has 6 nitrogen and oxygen atoms in total. The highest BCUT2D eigenvalue weighted by atomic mass is 32.2. The van der Waals surface area contributed by atoms with Gasteiger partial charge in [0.15, 0.2) is 5.16 Å². The standard InChI is InChI=1S/C14H17N5OS/c1-8-4-3-5-9(2)13(8)19-12(20)7-21-14-17-10(15)6-11(16)18-14/h3-6H,7H2,1-2H3,(H,19,20)(H4,15,16,17,18). The van der Waals surface area contributed by atoms with E-state index in [-0.39, 0.29) is 11.7 Å². The number of thioether (sulfide) groups is 1. The van der Waals surface area contributed by atoms with Crippen LogP contribution in [0.1, 0.15) is 11.1 Å². The van der Waals surface area contributed by atoms with Gasteiger partial charge in [-0.25, -0.2) is 9.97 Å². The Bertz CT molecular complexity index is 634. The second kappa shape index (κ2) is 6.45. The first-order valence-electron chi connectivity index (χ1n) is 6.34. The largest absolute Gasteiger partial charge is 0.383 e. The highest BCUT2D eigenvalue weighted by Crippen LogP contribution is 2.21. The lowest BCUT2D eigenvalue weighted by molar-refractivity contribution is -0.113. The second-order valence-electron chi connectivity index (χ2n) is 4.60. The van der Waals surface area contributed by atoms with E-state index >= 15 is 0 Å². The number of hydrogen-bond acceptors (Lipinski definition) is 6. The lowest BCUT2D eigenvalue weighted by Gasteiger charge is -2.11. The summed E-state index contributed by atoms with van der Waals surface area (Å²) in [5.41, 5.74) is 14.1. The number of para-hydroxylation sites is 1. The van der Waals surface area contributed by atoms with Crippen LogP contribution < -0.4 is 16.8 Å². The molecule has 2 aromatic rings. The van der Waals surface area contributed by atoms with Crippen LogP contribution in [0.2, 0.25) is 0 Å². The van der Waals surface area contributed by atoms with Crippen molar-refractivity contribution in [3.8, 4) is 0 Å². The van der Waals surface area contributed by atoms with Gasteiger partial charge in [0.05, 0.1) is 5.75 Å². The number of hydrogen-bond donors (Lipinski definition) is 3. The van der Waals surface area contributed by atoms with Gasteiger partial charge in [-0.2, -0.15) is 0 Å². The first-order chi connectivity index (χ1) is 9.95. The summed E-state index contributed by atoms with van der Waals surface area (Å²) in [6.45, 7) is 3.91. The van der Waals surface area contributed by atoms with Gasteiger partial charge >= 0.3 is 0 Å². The summed E-state index contributed by atoms with van der Waals surface area (Å²) < 4.78 is 0. The molecule has 1 heterocycles. The number of nitrogens with one attached hydrogen (secondary N) is 1. The molecule has 1 amide bonds. The van der Waals surface area contributed by atoms with Gasteiger partial charge in [0, 0.05) is 11.8 Å². The van der Waals surface area contributed by atoms with Gasteiger partial charge in [-0.3, -0.25) is 4.79 Å². The molecule has 0 atom stereocenters. The van der Waals surface area contributed by atoms with Gasteiger partial charge in [-0.05, 0) is 25.0 Å². The molecular weight excluding hydrogens is 286 g/mol. The number of anilines is 3. The van der Waals surface area contributed by atoms with E-state index in [2.05, 4.69) is 15.3 Å². The van der Waals surface area contributed by atoms with E-state index in [0.29, 0.717) is 16.8 Å². The van der Waals surface area contributed by atoms with E-state index < -0.39 is 0 Å². The van der Waals surface area contributed by atoms with Gasteiger partial charge in [0.2, 0.25) is 5.91 Å². The summed E-state index contributed by atoms with van der Waals surface area (Å²) in [5.74, 6) is 0.652. The van der Waals surface area contributed by atoms with Crippen LogP contribution in [0.3, 0.4) is 0 Å². The van der Waals surface area contributed by atoms with Crippen molar-refractivity contribution in [3.05, 3.63) is 35.4 Å². The molecule has 0 saturated carbocycles. The lowest BCUT2D eigenvalue weighted by Crippen LogP contribution is -2.16. The number of rotatable bonds is 4. The number of amides is 1. The molecule has 7 heteroatoms. The second-order valence-corrected chi connectivity index (χ2v) is 5.55. The van der Waals surface area contributed by atoms with Crippen molar-refractivity contribution in [2.24, 2.45) is 0 Å². The van der Waals surface area contributed by atoms with Gasteiger partial charge in [0.25, 0.3) is 0 Å². The van der Waals surface area contributed by atoms with E-state index in [1.807, 2.05) is 32.0 Å². The maximum atomic E-state index is 12.0. The maximum absolute atomic E-state index is 12.0. The predicted octanol–water partition coefficient (Wildman–Crippen LogP) is 1.99. The molecule has 110 valence electrons. The van der Waals surface area contributed by atoms with Crippen LogP contribution in [0.25, 0.3) is 0 Å². The van der Waals surface area contributed by atoms with Crippen molar-refractivity contribution in [3.63, 3.8) is 0 Å². The van der Waals surface area contributed by atoms with E-state index in [1.54, 1.807) is 0 Å². The topological polar surface area (TPSA) is 107 Å². The Morgan fingerprint density at radius 3 is 2.33 bits per heavy atom. The molecule has 5 N–H and O–H groups in total. The van der Waals surface area contributed by atoms with Crippen molar-refractivity contribution in [2.45, 2.75) is 19.0 Å². The van der Waals surface area contributed by atoms with Crippen LogP contribution >= 0.6 is 11.8 Å². The first kappa shape index (κ1) is 15.1. The SMILES string of the molecule is Cc1cccc(C)c1NC(=O)CSc1nc(N)cc(N)n1. The molecule has 1 aromatic heterocycles. The van der Waals surface area contributed by atoms with Crippen molar-refractivity contribution >= 4 is 35.0 Å². The average molecular weight is 303 g/mol. The summed E-state index contributed by atoms with van der Waals surface area (Å²) in [5, 5.41) is 3.29. The third-order valence-electron chi connectivity index (χ3n) is 2.82. The molecule has 0 aliphatic rings. The van der Waals surface area contributed by atoms with Crippen molar-refractivity contribution in [1.29, 1.82) is 0 Å². The predicted molar refractivity (Wildman–Crippen MR) is 86.1 cm³/mol. The van der Waals surface area contributed by atoms with E-state index in [1.165, 1.54) is 17.8 Å². The molecule has 0 fully saturated rings. The van der Waals surface area contributed by atoms with Crippen LogP contribution in [0.4, 0.5) is 17.3 Å². The number of carbonyl (C=O) groups is 1. The zero-order chi connectivity index (χ0) is 15.4. The monoisotopic (exact) mass is 303 g/mol. The number of nitrogen functional groups attached to an aromatic ring is 2. The van der Waals surface area contributed by atoms with E-state index in [4.69, 9.17) is 11.5 Å². The highest BCUT2D eigenvalue weighted by molar-refractivity contribution is 7.99. The highest BCUT2D eigenvalue weighted by Gasteiger charge is 2.09. The van der Waals surface area contributed by atoms with Crippen molar-refractivity contribution < 1.29 is 4.79 Å². The summed E-state index contributed by atoms with van der Waals surface area (Å²) in [7, 11) is 0. The summed E-state index contributed by atoms with van der Waals surface area (Å²) in [4.78, 5) is 20.0. The minimum atomic E-state index is -0.123. The quantitative estimate of drug-likeness (QED) is 0.589. The fourth-order valence-electron chi connectivity index (χ4n) is 1.84. The molecule has 0 spiro atoms. The molecule has 0 aliphatic carbocycles.